The number of rotatable bonds is 9. The van der Waals surface area contributed by atoms with Crippen LogP contribution in [0, 0.1) is 20.8 Å². The average Bonchev–Trinajstić information content (AvgIpc) is 2.85. The molecule has 36 heavy (non-hydrogen) atoms. The van der Waals surface area contributed by atoms with Crippen LogP contribution in [-0.4, -0.2) is 70.7 Å². The number of amides is 1. The Balaban J connectivity index is 1.94. The molecule has 0 aliphatic carbocycles. The summed E-state index contributed by atoms with van der Waals surface area (Å²) in [6, 6.07) is 2.04. The Morgan fingerprint density at radius 1 is 1.06 bits per heavy atom. The maximum atomic E-state index is 12.3. The smallest absolute Gasteiger partial charge is 0.225 e. The van der Waals surface area contributed by atoms with Gasteiger partial charge in [0.25, 0.3) is 0 Å². The summed E-state index contributed by atoms with van der Waals surface area (Å²) in [5.74, 6) is 0.462. The van der Waals surface area contributed by atoms with E-state index in [-0.39, 0.29) is 6.42 Å². The van der Waals surface area contributed by atoms with Crippen LogP contribution in [0.1, 0.15) is 42.5 Å². The van der Waals surface area contributed by atoms with E-state index in [1.54, 1.807) is 13.2 Å². The number of aliphatic hydroxyl groups excluding tert-OH is 4. The topological polar surface area (TPSA) is 128 Å². The lowest BCUT2D eigenvalue weighted by Crippen LogP contribution is -2.63. The van der Waals surface area contributed by atoms with Gasteiger partial charge in [-0.25, -0.2) is 0 Å². The van der Waals surface area contributed by atoms with E-state index < -0.39 is 43.2 Å². The van der Waals surface area contributed by atoms with Crippen molar-refractivity contribution in [3.63, 3.8) is 0 Å². The van der Waals surface area contributed by atoms with Crippen molar-refractivity contribution in [2.75, 3.05) is 13.7 Å². The summed E-state index contributed by atoms with van der Waals surface area (Å²) in [4.78, 5) is 12.3. The molecule has 1 aliphatic heterocycles. The van der Waals surface area contributed by atoms with E-state index in [1.807, 2.05) is 38.1 Å². The van der Waals surface area contributed by atoms with Crippen LogP contribution in [0.4, 0.5) is 0 Å². The van der Waals surface area contributed by atoms with Gasteiger partial charge in [-0.2, -0.15) is 0 Å². The largest absolute Gasteiger partial charge is 0.496 e. The molecule has 2 rings (SSSR count). The third-order valence-electron chi connectivity index (χ3n) is 6.36. The van der Waals surface area contributed by atoms with Gasteiger partial charge in [-0.15, -0.1) is 0 Å². The van der Waals surface area contributed by atoms with Gasteiger partial charge in [0, 0.05) is 6.42 Å². The lowest BCUT2D eigenvalue weighted by molar-refractivity contribution is -0.235. The molecule has 0 saturated carbocycles. The van der Waals surface area contributed by atoms with Crippen molar-refractivity contribution in [2.45, 2.75) is 71.7 Å². The summed E-state index contributed by atoms with van der Waals surface area (Å²) in [6.45, 7) is 9.52. The predicted octanol–water partition coefficient (Wildman–Crippen LogP) is 2.39. The number of carbonyl (C=O) groups is 1. The third kappa shape index (κ3) is 7.62. The van der Waals surface area contributed by atoms with E-state index in [0.717, 1.165) is 28.0 Å². The van der Waals surface area contributed by atoms with Crippen molar-refractivity contribution in [3.05, 3.63) is 69.8 Å². The van der Waals surface area contributed by atoms with E-state index in [4.69, 9.17) is 9.47 Å². The zero-order valence-electron chi connectivity index (χ0n) is 21.9. The Bertz CT molecular complexity index is 1040. The molecule has 5 N–H and O–H groups in total. The van der Waals surface area contributed by atoms with Crippen LogP contribution in [0.25, 0.3) is 6.08 Å². The molecule has 5 atom stereocenters. The second kappa shape index (κ2) is 13.5. The molecule has 0 bridgehead atoms. The predicted molar refractivity (Wildman–Crippen MR) is 139 cm³/mol. The number of aryl methyl sites for hydroxylation is 1. The maximum absolute atomic E-state index is 12.3. The van der Waals surface area contributed by atoms with Crippen LogP contribution in [0.15, 0.2) is 47.6 Å². The zero-order valence-corrected chi connectivity index (χ0v) is 21.9. The Hall–Kier alpha value is -2.75. The number of hydrogen-bond acceptors (Lipinski definition) is 7. The molecular formula is C28H39NO7. The molecule has 1 unspecified atom stereocenters. The quantitative estimate of drug-likeness (QED) is 0.329. The monoisotopic (exact) mass is 501 g/mol. The van der Waals surface area contributed by atoms with E-state index in [0.29, 0.717) is 0 Å². The minimum Gasteiger partial charge on any atom is -0.496 e. The van der Waals surface area contributed by atoms with Gasteiger partial charge in [0.1, 0.15) is 30.2 Å². The van der Waals surface area contributed by atoms with E-state index in [9.17, 15) is 25.2 Å². The standard InChI is InChI=1S/C28H39NO7/c1-16(10-12-21-18(3)14-22(35-6)20(5)19(21)4)8-7-9-17(2)11-13-24(31)29-28-27(34)26(33)25(32)23(15-30)36-28/h7-12,14,23,25-28,30,32-34H,13,15H2,1-6H3,(H,29,31)/b9-7+,12-10+,16-8+,17-11+/t23-,25-,26+,27-,28?/m1/s1. The maximum Gasteiger partial charge on any atom is 0.225 e. The minimum absolute atomic E-state index is 0.0309. The summed E-state index contributed by atoms with van der Waals surface area (Å²) < 4.78 is 10.7. The van der Waals surface area contributed by atoms with Crippen molar-refractivity contribution < 1.29 is 34.7 Å². The van der Waals surface area contributed by atoms with Crippen molar-refractivity contribution >= 4 is 12.0 Å². The Kier molecular flexibility index (Phi) is 11.1. The van der Waals surface area contributed by atoms with E-state index in [1.165, 1.54) is 11.1 Å². The van der Waals surface area contributed by atoms with Crippen LogP contribution in [0.2, 0.25) is 0 Å². The molecule has 8 heteroatoms. The van der Waals surface area contributed by atoms with Gasteiger partial charge in [-0.05, 0) is 62.9 Å². The van der Waals surface area contributed by atoms with Crippen molar-refractivity contribution in [2.24, 2.45) is 0 Å². The van der Waals surface area contributed by atoms with Crippen LogP contribution in [0.3, 0.4) is 0 Å². The van der Waals surface area contributed by atoms with Crippen molar-refractivity contribution in [3.8, 4) is 5.75 Å². The van der Waals surface area contributed by atoms with Crippen LogP contribution in [0.5, 0.6) is 5.75 Å². The van der Waals surface area contributed by atoms with Crippen molar-refractivity contribution in [1.29, 1.82) is 0 Å². The highest BCUT2D eigenvalue weighted by molar-refractivity contribution is 5.78. The average molecular weight is 502 g/mol. The second-order valence-corrected chi connectivity index (χ2v) is 9.13. The number of methoxy groups -OCH3 is 1. The molecule has 0 spiro atoms. The van der Waals surface area contributed by atoms with Gasteiger partial charge in [0.15, 0.2) is 6.23 Å². The molecule has 1 saturated heterocycles. The van der Waals surface area contributed by atoms with Gasteiger partial charge >= 0.3 is 0 Å². The van der Waals surface area contributed by atoms with E-state index >= 15 is 0 Å². The van der Waals surface area contributed by atoms with Gasteiger partial charge in [-0.3, -0.25) is 4.79 Å². The number of benzene rings is 1. The summed E-state index contributed by atoms with van der Waals surface area (Å²) in [5.41, 5.74) is 6.56. The fourth-order valence-electron chi connectivity index (χ4n) is 3.92. The lowest BCUT2D eigenvalue weighted by Gasteiger charge is -2.40. The number of allylic oxidation sites excluding steroid dienone is 6. The molecule has 0 aromatic heterocycles. The summed E-state index contributed by atoms with van der Waals surface area (Å²) in [7, 11) is 1.68. The van der Waals surface area contributed by atoms with Crippen LogP contribution in [-0.2, 0) is 9.53 Å². The molecule has 1 fully saturated rings. The SMILES string of the molecule is COc1cc(C)c(/C=C/C(C)=C/C=C/C(C)=C/CC(=O)NC2O[C@H](CO)[C@@H](O)[C@H](O)[C@H]2O)c(C)c1C. The highest BCUT2D eigenvalue weighted by Crippen LogP contribution is 2.28. The first-order valence-electron chi connectivity index (χ1n) is 11.9. The number of hydrogen-bond donors (Lipinski definition) is 5. The molecule has 0 radical (unpaired) electrons. The summed E-state index contributed by atoms with van der Waals surface area (Å²) in [5, 5.41) is 41.4. The van der Waals surface area contributed by atoms with Crippen LogP contribution < -0.4 is 10.1 Å². The highest BCUT2D eigenvalue weighted by Gasteiger charge is 2.43. The Morgan fingerprint density at radius 3 is 2.39 bits per heavy atom. The normalized spacial score (nSPS) is 25.6. The number of nitrogens with one attached hydrogen (secondary N) is 1. The molecule has 1 heterocycles. The fraction of sp³-hybridized carbons (Fsp3) is 0.464. The van der Waals surface area contributed by atoms with Gasteiger partial charge in [-0.1, -0.05) is 47.6 Å². The zero-order chi connectivity index (χ0) is 27.0. The van der Waals surface area contributed by atoms with Crippen LogP contribution >= 0.6 is 0 Å². The third-order valence-corrected chi connectivity index (χ3v) is 6.36. The minimum atomic E-state index is -1.54. The molecule has 198 valence electrons. The highest BCUT2D eigenvalue weighted by atomic mass is 16.6. The molecule has 8 nitrogen and oxygen atoms in total. The first-order valence-corrected chi connectivity index (χ1v) is 11.9. The number of aliphatic hydroxyl groups is 4. The first kappa shape index (κ1) is 29.5. The van der Waals surface area contributed by atoms with Gasteiger partial charge in [0.05, 0.1) is 13.7 Å². The first-order chi connectivity index (χ1) is 17.0. The molecular weight excluding hydrogens is 462 g/mol. The van der Waals surface area contributed by atoms with E-state index in [2.05, 4.69) is 38.2 Å². The second-order valence-electron chi connectivity index (χ2n) is 9.13. The van der Waals surface area contributed by atoms with Gasteiger partial charge < -0.3 is 35.2 Å². The number of carbonyl (C=O) groups excluding carboxylic acids is 1. The fourth-order valence-corrected chi connectivity index (χ4v) is 3.92. The summed E-state index contributed by atoms with van der Waals surface area (Å²) >= 11 is 0. The molecule has 1 amide bonds. The number of ether oxygens (including phenoxy) is 2. The summed E-state index contributed by atoms with van der Waals surface area (Å²) in [6.07, 6.45) is 4.86. The molecule has 1 aliphatic rings. The Labute approximate surface area is 213 Å². The van der Waals surface area contributed by atoms with Gasteiger partial charge in [0.2, 0.25) is 5.91 Å². The lowest BCUT2D eigenvalue weighted by atomic mass is 9.96. The molecule has 1 aromatic carbocycles. The van der Waals surface area contributed by atoms with Crippen molar-refractivity contribution in [1.82, 2.24) is 5.32 Å². The molecule has 1 aromatic rings. The Morgan fingerprint density at radius 2 is 1.75 bits per heavy atom.